The van der Waals surface area contributed by atoms with Gasteiger partial charge in [0.05, 0.1) is 6.26 Å². The van der Waals surface area contributed by atoms with Crippen molar-refractivity contribution in [1.82, 2.24) is 0 Å². The van der Waals surface area contributed by atoms with Gasteiger partial charge in [0.2, 0.25) is 5.76 Å². The monoisotopic (exact) mass is 259 g/mol. The molecule has 1 N–H and O–H groups in total. The summed E-state index contributed by atoms with van der Waals surface area (Å²) in [5, 5.41) is 8.97. The second-order valence-electron chi connectivity index (χ2n) is 4.17. The fourth-order valence-corrected chi connectivity index (χ4v) is 1.75. The zero-order chi connectivity index (χ0) is 14.0. The van der Waals surface area contributed by atoms with Gasteiger partial charge >= 0.3 is 5.97 Å². The highest BCUT2D eigenvalue weighted by atomic mass is 16.4. The molecule has 98 valence electrons. The van der Waals surface area contributed by atoms with Gasteiger partial charge in [-0.3, -0.25) is 4.79 Å². The second-order valence-corrected chi connectivity index (χ2v) is 4.17. The molecule has 2 rings (SSSR count). The maximum Gasteiger partial charge on any atom is 0.339 e. The summed E-state index contributed by atoms with van der Waals surface area (Å²) in [5.74, 6) is -1.85. The molecule has 0 saturated carbocycles. The van der Waals surface area contributed by atoms with E-state index in [-0.39, 0.29) is 11.3 Å². The molecule has 0 aliphatic rings. The molecule has 0 fully saturated rings. The van der Waals surface area contributed by atoms with E-state index in [0.717, 1.165) is 5.56 Å². The van der Waals surface area contributed by atoms with Gasteiger partial charge in [0.15, 0.2) is 0 Å². The number of anilines is 1. The number of hydrogen-bond acceptors (Lipinski definition) is 3. The maximum atomic E-state index is 12.2. The first-order valence-corrected chi connectivity index (χ1v) is 5.66. The van der Waals surface area contributed by atoms with E-state index in [9.17, 15) is 9.59 Å². The molecule has 0 bridgehead atoms. The highest BCUT2D eigenvalue weighted by Gasteiger charge is 2.24. The first-order valence-electron chi connectivity index (χ1n) is 5.66. The number of furan rings is 1. The summed E-state index contributed by atoms with van der Waals surface area (Å²) in [7, 11) is 1.57. The average molecular weight is 259 g/mol. The summed E-state index contributed by atoms with van der Waals surface area (Å²) in [6.45, 7) is 1.91. The number of amides is 1. The number of hydrogen-bond donors (Lipinski definition) is 1. The Kier molecular flexibility index (Phi) is 3.37. The fraction of sp³-hybridized carbons (Fsp3) is 0.143. The first kappa shape index (κ1) is 12.9. The Morgan fingerprint density at radius 3 is 2.63 bits per heavy atom. The number of carboxylic acid groups (broad SMARTS) is 1. The lowest BCUT2D eigenvalue weighted by Crippen LogP contribution is -2.27. The van der Waals surface area contributed by atoms with E-state index >= 15 is 0 Å². The third kappa shape index (κ3) is 2.49. The molecule has 0 radical (unpaired) electrons. The predicted octanol–water partition coefficient (Wildman–Crippen LogP) is 2.56. The van der Waals surface area contributed by atoms with Crippen molar-refractivity contribution in [3.63, 3.8) is 0 Å². The van der Waals surface area contributed by atoms with Crippen LogP contribution in [0.5, 0.6) is 0 Å². The highest BCUT2D eigenvalue weighted by Crippen LogP contribution is 2.19. The number of aromatic carboxylic acids is 1. The number of carboxylic acids is 1. The number of carbonyl (C=O) groups is 2. The highest BCUT2D eigenvalue weighted by molar-refractivity contribution is 6.09. The van der Waals surface area contributed by atoms with Crippen LogP contribution >= 0.6 is 0 Å². The van der Waals surface area contributed by atoms with Gasteiger partial charge in [0.1, 0.15) is 5.56 Å². The van der Waals surface area contributed by atoms with E-state index in [2.05, 4.69) is 0 Å². The van der Waals surface area contributed by atoms with Crippen molar-refractivity contribution in [2.24, 2.45) is 0 Å². The van der Waals surface area contributed by atoms with Crippen LogP contribution in [0.25, 0.3) is 0 Å². The molecule has 0 aliphatic carbocycles. The predicted molar refractivity (Wildman–Crippen MR) is 69.6 cm³/mol. The van der Waals surface area contributed by atoms with Gasteiger partial charge in [-0.15, -0.1) is 0 Å². The normalized spacial score (nSPS) is 10.2. The zero-order valence-electron chi connectivity index (χ0n) is 10.6. The summed E-state index contributed by atoms with van der Waals surface area (Å²) in [6.07, 6.45) is 1.20. The number of nitrogens with zero attached hydrogens (tertiary/aromatic N) is 1. The third-order valence-electron chi connectivity index (χ3n) is 2.78. The number of benzene rings is 1. The molecule has 5 nitrogen and oxygen atoms in total. The summed E-state index contributed by atoms with van der Waals surface area (Å²) >= 11 is 0. The third-order valence-corrected chi connectivity index (χ3v) is 2.78. The summed E-state index contributed by atoms with van der Waals surface area (Å²) in [5.41, 5.74) is 1.55. The molecule has 0 spiro atoms. The van der Waals surface area contributed by atoms with Crippen LogP contribution in [0.1, 0.15) is 26.5 Å². The molecular weight excluding hydrogens is 246 g/mol. The molecular formula is C14H13NO4. The second kappa shape index (κ2) is 4.97. The number of carbonyl (C=O) groups excluding carboxylic acids is 1. The van der Waals surface area contributed by atoms with E-state index < -0.39 is 11.9 Å². The van der Waals surface area contributed by atoms with Gasteiger partial charge in [0, 0.05) is 12.7 Å². The van der Waals surface area contributed by atoms with Crippen LogP contribution in [0.3, 0.4) is 0 Å². The largest absolute Gasteiger partial charge is 0.478 e. The van der Waals surface area contributed by atoms with E-state index in [0.29, 0.717) is 5.69 Å². The Balaban J connectivity index is 2.34. The van der Waals surface area contributed by atoms with Crippen LogP contribution in [0, 0.1) is 6.92 Å². The lowest BCUT2D eigenvalue weighted by atomic mass is 10.2. The van der Waals surface area contributed by atoms with Crippen LogP contribution in [-0.2, 0) is 0 Å². The van der Waals surface area contributed by atoms with Crippen molar-refractivity contribution in [2.45, 2.75) is 6.92 Å². The molecule has 1 heterocycles. The summed E-state index contributed by atoms with van der Waals surface area (Å²) in [4.78, 5) is 24.5. The van der Waals surface area contributed by atoms with Crippen LogP contribution in [0.2, 0.25) is 0 Å². The van der Waals surface area contributed by atoms with E-state index in [1.54, 1.807) is 13.1 Å². The molecule has 1 aromatic heterocycles. The lowest BCUT2D eigenvalue weighted by molar-refractivity contribution is 0.0689. The van der Waals surface area contributed by atoms with Crippen molar-refractivity contribution in [3.05, 3.63) is 53.5 Å². The molecule has 0 saturated heterocycles. The van der Waals surface area contributed by atoms with Gasteiger partial charge in [-0.05, 0) is 30.7 Å². The van der Waals surface area contributed by atoms with Gasteiger partial charge in [-0.2, -0.15) is 0 Å². The Bertz CT molecular complexity index is 630. The molecule has 0 aliphatic heterocycles. The smallest absolute Gasteiger partial charge is 0.339 e. The van der Waals surface area contributed by atoms with Gasteiger partial charge in [-0.1, -0.05) is 12.1 Å². The quantitative estimate of drug-likeness (QED) is 0.919. The first-order chi connectivity index (χ1) is 9.00. The van der Waals surface area contributed by atoms with Crippen molar-refractivity contribution < 1.29 is 19.1 Å². The molecule has 1 amide bonds. The minimum Gasteiger partial charge on any atom is -0.478 e. The topological polar surface area (TPSA) is 70.8 Å². The Morgan fingerprint density at radius 2 is 2.00 bits per heavy atom. The number of rotatable bonds is 3. The zero-order valence-corrected chi connectivity index (χ0v) is 10.6. The Morgan fingerprint density at radius 1 is 1.26 bits per heavy atom. The molecule has 5 heteroatoms. The Hall–Kier alpha value is -2.56. The van der Waals surface area contributed by atoms with Gasteiger partial charge in [-0.25, -0.2) is 4.79 Å². The van der Waals surface area contributed by atoms with E-state index in [1.807, 2.05) is 25.1 Å². The van der Waals surface area contributed by atoms with Crippen LogP contribution in [0.15, 0.2) is 41.0 Å². The summed E-state index contributed by atoms with van der Waals surface area (Å²) < 4.78 is 4.99. The van der Waals surface area contributed by atoms with Crippen LogP contribution in [0.4, 0.5) is 5.69 Å². The maximum absolute atomic E-state index is 12.2. The fourth-order valence-electron chi connectivity index (χ4n) is 1.75. The van der Waals surface area contributed by atoms with Crippen molar-refractivity contribution >= 4 is 17.6 Å². The lowest BCUT2D eigenvalue weighted by Gasteiger charge is -2.16. The van der Waals surface area contributed by atoms with E-state index in [1.165, 1.54) is 17.2 Å². The Labute approximate surface area is 110 Å². The van der Waals surface area contributed by atoms with E-state index in [4.69, 9.17) is 9.52 Å². The van der Waals surface area contributed by atoms with Crippen molar-refractivity contribution in [1.29, 1.82) is 0 Å². The standard InChI is InChI=1S/C14H13NO4/c1-9-4-3-5-10(8-9)15(2)13(16)12-11(14(17)18)6-7-19-12/h3-8H,1-2H3,(H,17,18). The summed E-state index contributed by atoms with van der Waals surface area (Å²) in [6, 6.07) is 8.61. The van der Waals surface area contributed by atoms with Crippen LogP contribution in [-0.4, -0.2) is 24.0 Å². The molecule has 2 aromatic rings. The average Bonchev–Trinajstić information content (AvgIpc) is 2.86. The minimum absolute atomic E-state index is 0.135. The molecule has 1 aromatic carbocycles. The molecule has 19 heavy (non-hydrogen) atoms. The number of aryl methyl sites for hydroxylation is 1. The van der Waals surface area contributed by atoms with Crippen LogP contribution < -0.4 is 4.90 Å². The van der Waals surface area contributed by atoms with Gasteiger partial charge < -0.3 is 14.4 Å². The van der Waals surface area contributed by atoms with Gasteiger partial charge in [0.25, 0.3) is 5.91 Å². The molecule has 0 unspecified atom stereocenters. The van der Waals surface area contributed by atoms with Crippen molar-refractivity contribution in [2.75, 3.05) is 11.9 Å². The minimum atomic E-state index is -1.19. The molecule has 0 atom stereocenters. The SMILES string of the molecule is Cc1cccc(N(C)C(=O)c2occc2C(=O)O)c1. The van der Waals surface area contributed by atoms with Crippen molar-refractivity contribution in [3.8, 4) is 0 Å².